The largest absolute Gasteiger partial charge is 0.416 e. The Kier molecular flexibility index (Phi) is 5.34. The third kappa shape index (κ3) is 3.87. The average Bonchev–Trinajstić information content (AvgIpc) is 2.89. The van der Waals surface area contributed by atoms with Gasteiger partial charge in [-0.3, -0.25) is 0 Å². The summed E-state index contributed by atoms with van der Waals surface area (Å²) in [5.74, 6) is -8.77. The highest BCUT2D eigenvalue weighted by molar-refractivity contribution is 7.89. The second kappa shape index (κ2) is 7.30. The number of nitrogens with two attached hydrogens (primary N) is 1. The fourth-order valence-electron chi connectivity index (χ4n) is 2.91. The van der Waals surface area contributed by atoms with E-state index in [9.17, 15) is 43.5 Å². The van der Waals surface area contributed by atoms with E-state index in [0.29, 0.717) is 12.1 Å². The van der Waals surface area contributed by atoms with Crippen LogP contribution in [0.1, 0.15) is 11.1 Å². The molecule has 0 aliphatic rings. The quantitative estimate of drug-likeness (QED) is 0.582. The minimum atomic E-state index is -4.93. The van der Waals surface area contributed by atoms with Crippen molar-refractivity contribution in [1.82, 2.24) is 9.78 Å². The molecule has 3 rings (SSSR count). The lowest BCUT2D eigenvalue weighted by Crippen LogP contribution is -2.16. The molecule has 5 nitrogen and oxygen atoms in total. The Bertz CT molecular complexity index is 1290. The number of sulfonamides is 1. The predicted molar refractivity (Wildman–Crippen MR) is 89.9 cm³/mol. The first-order chi connectivity index (χ1) is 14.1. The van der Waals surface area contributed by atoms with Gasteiger partial charge in [0.15, 0.2) is 10.7 Å². The van der Waals surface area contributed by atoms with Gasteiger partial charge in [-0.15, -0.1) is 5.10 Å². The zero-order valence-corrected chi connectivity index (χ0v) is 15.8. The molecule has 0 atom stereocenters. The van der Waals surface area contributed by atoms with Crippen LogP contribution in [0.4, 0.5) is 35.1 Å². The molecule has 1 heterocycles. The first kappa shape index (κ1) is 22.7. The zero-order valence-electron chi connectivity index (χ0n) is 15.0. The van der Waals surface area contributed by atoms with Gasteiger partial charge in [0.25, 0.3) is 5.95 Å². The highest BCUT2D eigenvalue weighted by Crippen LogP contribution is 2.36. The van der Waals surface area contributed by atoms with E-state index in [0.717, 1.165) is 6.92 Å². The van der Waals surface area contributed by atoms with Crippen molar-refractivity contribution in [1.29, 1.82) is 0 Å². The molecule has 2 aromatic carbocycles. The van der Waals surface area contributed by atoms with Gasteiger partial charge < -0.3 is 0 Å². The molecule has 0 aliphatic carbocycles. The summed E-state index contributed by atoms with van der Waals surface area (Å²) in [7, 11) is -4.87. The lowest BCUT2D eigenvalue weighted by atomic mass is 10.1. The molecule has 0 spiro atoms. The Balaban J connectivity index is 2.31. The van der Waals surface area contributed by atoms with Crippen LogP contribution in [0.5, 0.6) is 0 Å². The maximum Gasteiger partial charge on any atom is 0.416 e. The number of primary sulfonamides is 1. The van der Waals surface area contributed by atoms with Gasteiger partial charge >= 0.3 is 6.18 Å². The van der Waals surface area contributed by atoms with Crippen LogP contribution in [0.25, 0.3) is 16.9 Å². The smallest absolute Gasteiger partial charge is 0.224 e. The number of aromatic nitrogens is 2. The lowest BCUT2D eigenvalue weighted by molar-refractivity contribution is -0.138. The minimum absolute atomic E-state index is 0.165. The maximum atomic E-state index is 14.6. The van der Waals surface area contributed by atoms with Crippen molar-refractivity contribution in [3.05, 3.63) is 64.6 Å². The van der Waals surface area contributed by atoms with Crippen LogP contribution in [0, 0.1) is 36.1 Å². The van der Waals surface area contributed by atoms with Gasteiger partial charge in [0.2, 0.25) is 15.8 Å². The van der Waals surface area contributed by atoms with Gasteiger partial charge in [-0.25, -0.2) is 31.4 Å². The van der Waals surface area contributed by atoms with Gasteiger partial charge in [0, 0.05) is 5.56 Å². The van der Waals surface area contributed by atoms with Crippen molar-refractivity contribution in [2.75, 3.05) is 0 Å². The second-order valence-electron chi connectivity index (χ2n) is 6.25. The summed E-state index contributed by atoms with van der Waals surface area (Å²) in [4.78, 5) is -1.56. The molecule has 0 saturated carbocycles. The van der Waals surface area contributed by atoms with Gasteiger partial charge in [-0.1, -0.05) is 0 Å². The summed E-state index contributed by atoms with van der Waals surface area (Å²) in [5, 5.41) is 7.73. The Morgan fingerprint density at radius 3 is 2.00 bits per heavy atom. The first-order valence-electron chi connectivity index (χ1n) is 7.97. The summed E-state index contributed by atoms with van der Waals surface area (Å²) < 4.78 is 133. The van der Waals surface area contributed by atoms with Crippen LogP contribution in [-0.4, -0.2) is 18.2 Å². The zero-order chi connectivity index (χ0) is 23.5. The van der Waals surface area contributed by atoms with Crippen molar-refractivity contribution in [3.63, 3.8) is 0 Å². The molecule has 2 N–H and O–H groups in total. The normalized spacial score (nSPS) is 12.5. The van der Waals surface area contributed by atoms with Crippen LogP contribution >= 0.6 is 0 Å². The van der Waals surface area contributed by atoms with E-state index < -0.39 is 78.4 Å². The van der Waals surface area contributed by atoms with Gasteiger partial charge in [-0.05, 0) is 36.8 Å². The monoisotopic (exact) mass is 471 g/mol. The van der Waals surface area contributed by atoms with E-state index >= 15 is 0 Å². The molecule has 0 fully saturated rings. The van der Waals surface area contributed by atoms with E-state index in [4.69, 9.17) is 0 Å². The van der Waals surface area contributed by atoms with E-state index in [1.54, 1.807) is 0 Å². The van der Waals surface area contributed by atoms with E-state index in [1.807, 2.05) is 0 Å². The third-order valence-electron chi connectivity index (χ3n) is 4.24. The van der Waals surface area contributed by atoms with Crippen LogP contribution < -0.4 is 5.14 Å². The van der Waals surface area contributed by atoms with E-state index in [-0.39, 0.29) is 16.8 Å². The highest BCUT2D eigenvalue weighted by atomic mass is 32.2. The fraction of sp³-hybridized carbons (Fsp3) is 0.118. The number of nitrogens with zero attached hydrogens (tertiary/aromatic N) is 2. The number of hydrogen-bond acceptors (Lipinski definition) is 3. The van der Waals surface area contributed by atoms with Gasteiger partial charge in [0.1, 0.15) is 23.0 Å². The molecule has 31 heavy (non-hydrogen) atoms. The van der Waals surface area contributed by atoms with Crippen LogP contribution in [0.3, 0.4) is 0 Å². The Morgan fingerprint density at radius 2 is 1.52 bits per heavy atom. The highest BCUT2D eigenvalue weighted by Gasteiger charge is 2.35. The van der Waals surface area contributed by atoms with Crippen molar-refractivity contribution >= 4 is 10.0 Å². The average molecular weight is 471 g/mol. The van der Waals surface area contributed by atoms with Crippen molar-refractivity contribution in [2.45, 2.75) is 18.0 Å². The Morgan fingerprint density at radius 1 is 0.968 bits per heavy atom. The molecular formula is C17H9F8N3O2S. The first-order valence-corrected chi connectivity index (χ1v) is 9.52. The molecule has 0 saturated heterocycles. The SMILES string of the molecule is Cc1c(C(F)(F)F)ccc(-n2nc(F)c(F)c2-c2cc(F)c(S(N)(=O)=O)c(F)c2)c1F. The van der Waals surface area contributed by atoms with Crippen molar-refractivity contribution < 1.29 is 43.5 Å². The fourth-order valence-corrected chi connectivity index (χ4v) is 3.57. The van der Waals surface area contributed by atoms with Gasteiger partial charge in [0.05, 0.1) is 5.56 Å². The number of halogens is 8. The summed E-state index contributed by atoms with van der Waals surface area (Å²) in [6, 6.07) is 1.49. The molecule has 0 bridgehead atoms. The summed E-state index contributed by atoms with van der Waals surface area (Å²) in [6.07, 6.45) is -4.93. The summed E-state index contributed by atoms with van der Waals surface area (Å²) in [5.41, 5.74) is -5.05. The molecule has 0 aliphatic heterocycles. The number of alkyl halides is 3. The molecule has 0 radical (unpaired) electrons. The van der Waals surface area contributed by atoms with E-state index in [1.165, 1.54) is 0 Å². The summed E-state index contributed by atoms with van der Waals surface area (Å²) in [6.45, 7) is 0.762. The minimum Gasteiger partial charge on any atom is -0.224 e. The molecule has 0 unspecified atom stereocenters. The number of hydrogen-bond donors (Lipinski definition) is 1. The van der Waals surface area contributed by atoms with Crippen molar-refractivity contribution in [3.8, 4) is 16.9 Å². The second-order valence-corrected chi connectivity index (χ2v) is 7.75. The molecule has 166 valence electrons. The topological polar surface area (TPSA) is 78.0 Å². The molecule has 0 amide bonds. The Labute approximate surface area is 168 Å². The van der Waals surface area contributed by atoms with E-state index in [2.05, 4.69) is 10.2 Å². The molecule has 3 aromatic rings. The van der Waals surface area contributed by atoms with Crippen LogP contribution in [0.15, 0.2) is 29.2 Å². The standard InChI is InChI=1S/C17H9F8N3O2S/c1-6-8(17(23,24)25)2-3-11(12(6)20)28-14(13(21)16(22)27-28)7-4-9(18)15(10(19)5-7)31(26,29)30/h2-5H,1H3,(H2,26,29,30). The van der Waals surface area contributed by atoms with Gasteiger partial charge in [-0.2, -0.15) is 22.0 Å². The summed E-state index contributed by atoms with van der Waals surface area (Å²) >= 11 is 0. The van der Waals surface area contributed by atoms with Crippen LogP contribution in [0.2, 0.25) is 0 Å². The maximum absolute atomic E-state index is 14.6. The molecule has 1 aromatic heterocycles. The lowest BCUT2D eigenvalue weighted by Gasteiger charge is -2.15. The predicted octanol–water partition coefficient (Wildman–Crippen LogP) is 4.21. The number of benzene rings is 2. The van der Waals surface area contributed by atoms with Crippen molar-refractivity contribution in [2.24, 2.45) is 5.14 Å². The number of rotatable bonds is 3. The van der Waals surface area contributed by atoms with Crippen LogP contribution in [-0.2, 0) is 16.2 Å². The molecular weight excluding hydrogens is 462 g/mol. The molecule has 14 heteroatoms. The third-order valence-corrected chi connectivity index (χ3v) is 5.20. The Hall–Kier alpha value is -3.00.